The van der Waals surface area contributed by atoms with Gasteiger partial charge in [-0.25, -0.2) is 4.98 Å². The molecular weight excluding hydrogens is 242 g/mol. The van der Waals surface area contributed by atoms with Crippen molar-refractivity contribution in [2.45, 2.75) is 39.2 Å². The summed E-state index contributed by atoms with van der Waals surface area (Å²) in [5.41, 5.74) is 2.22. The Kier molecular flexibility index (Phi) is 3.33. The highest BCUT2D eigenvalue weighted by Gasteiger charge is 2.24. The Bertz CT molecular complexity index is 514. The summed E-state index contributed by atoms with van der Waals surface area (Å²) >= 11 is 0. The largest absolute Gasteiger partial charge is 0.361 e. The van der Waals surface area contributed by atoms with E-state index >= 15 is 0 Å². The first-order chi connectivity index (χ1) is 9.24. The van der Waals surface area contributed by atoms with Crippen LogP contribution in [0, 0.1) is 13.8 Å². The van der Waals surface area contributed by atoms with Crippen molar-refractivity contribution >= 4 is 0 Å². The molecule has 0 saturated carbocycles. The van der Waals surface area contributed by atoms with Crippen molar-refractivity contribution in [2.75, 3.05) is 13.1 Å². The molecule has 1 unspecified atom stereocenters. The van der Waals surface area contributed by atoms with Crippen LogP contribution < -0.4 is 0 Å². The van der Waals surface area contributed by atoms with Crippen LogP contribution in [0.15, 0.2) is 10.9 Å². The fraction of sp³-hybridized carbons (Fsp3) is 0.615. The molecule has 3 rings (SSSR count). The molecule has 0 amide bonds. The Balaban J connectivity index is 1.69. The molecule has 0 bridgehead atoms. The van der Waals surface area contributed by atoms with Crippen molar-refractivity contribution in [2.24, 2.45) is 0 Å². The first-order valence-corrected chi connectivity index (χ1v) is 6.73. The van der Waals surface area contributed by atoms with Gasteiger partial charge < -0.3 is 4.52 Å². The van der Waals surface area contributed by atoms with E-state index < -0.39 is 0 Å². The molecule has 0 aliphatic carbocycles. The average Bonchev–Trinajstić information content (AvgIpc) is 3.05. The molecule has 6 heteroatoms. The minimum Gasteiger partial charge on any atom is -0.361 e. The third-order valence-electron chi connectivity index (χ3n) is 3.89. The first-order valence-electron chi connectivity index (χ1n) is 6.73. The minimum absolute atomic E-state index is 0.455. The van der Waals surface area contributed by atoms with Crippen molar-refractivity contribution in [3.8, 4) is 0 Å². The SMILES string of the molecule is Cc1noc(C)c1CN1CCCC(c2ncn[nH]2)C1. The van der Waals surface area contributed by atoms with Crippen LogP contribution in [0.25, 0.3) is 0 Å². The van der Waals surface area contributed by atoms with Crippen LogP contribution in [0.3, 0.4) is 0 Å². The summed E-state index contributed by atoms with van der Waals surface area (Å²) in [6, 6.07) is 0. The van der Waals surface area contributed by atoms with Crippen LogP contribution in [0.5, 0.6) is 0 Å². The Morgan fingerprint density at radius 1 is 1.47 bits per heavy atom. The maximum atomic E-state index is 5.23. The quantitative estimate of drug-likeness (QED) is 0.912. The second kappa shape index (κ2) is 5.13. The number of rotatable bonds is 3. The van der Waals surface area contributed by atoms with Gasteiger partial charge in [0.05, 0.1) is 5.69 Å². The highest BCUT2D eigenvalue weighted by molar-refractivity contribution is 5.20. The van der Waals surface area contributed by atoms with E-state index in [0.717, 1.165) is 36.9 Å². The molecule has 2 aromatic heterocycles. The second-order valence-electron chi connectivity index (χ2n) is 5.25. The topological polar surface area (TPSA) is 70.8 Å². The Morgan fingerprint density at radius 3 is 3.05 bits per heavy atom. The van der Waals surface area contributed by atoms with Crippen LogP contribution >= 0.6 is 0 Å². The van der Waals surface area contributed by atoms with Gasteiger partial charge in [0.15, 0.2) is 0 Å². The lowest BCUT2D eigenvalue weighted by atomic mass is 9.97. The zero-order chi connectivity index (χ0) is 13.2. The molecule has 1 aliphatic heterocycles. The predicted molar refractivity (Wildman–Crippen MR) is 69.6 cm³/mol. The van der Waals surface area contributed by atoms with Crippen LogP contribution in [-0.2, 0) is 6.54 Å². The number of nitrogens with one attached hydrogen (secondary N) is 1. The lowest BCUT2D eigenvalue weighted by Gasteiger charge is -2.31. The van der Waals surface area contributed by atoms with E-state index in [9.17, 15) is 0 Å². The first kappa shape index (κ1) is 12.3. The van der Waals surface area contributed by atoms with E-state index in [2.05, 4.69) is 25.2 Å². The summed E-state index contributed by atoms with van der Waals surface area (Å²) in [4.78, 5) is 6.73. The molecular formula is C13H19N5O. The molecule has 3 heterocycles. The number of piperidine rings is 1. The van der Waals surface area contributed by atoms with Gasteiger partial charge in [-0.3, -0.25) is 10.00 Å². The highest BCUT2D eigenvalue weighted by atomic mass is 16.5. The van der Waals surface area contributed by atoms with Gasteiger partial charge in [-0.1, -0.05) is 5.16 Å². The van der Waals surface area contributed by atoms with E-state index in [1.165, 1.54) is 18.4 Å². The third-order valence-corrected chi connectivity index (χ3v) is 3.89. The molecule has 0 radical (unpaired) electrons. The number of hydrogen-bond donors (Lipinski definition) is 1. The second-order valence-corrected chi connectivity index (χ2v) is 5.25. The number of H-pyrrole nitrogens is 1. The summed E-state index contributed by atoms with van der Waals surface area (Å²) in [5.74, 6) is 2.39. The standard InChI is InChI=1S/C13H19N5O/c1-9-12(10(2)19-17-9)7-18-5-3-4-11(6-18)13-14-8-15-16-13/h8,11H,3-7H2,1-2H3,(H,14,15,16). The lowest BCUT2D eigenvalue weighted by molar-refractivity contribution is 0.195. The zero-order valence-electron chi connectivity index (χ0n) is 11.4. The fourth-order valence-electron chi connectivity index (χ4n) is 2.79. The number of likely N-dealkylation sites (tertiary alicyclic amines) is 1. The predicted octanol–water partition coefficient (Wildman–Crippen LogP) is 1.79. The Morgan fingerprint density at radius 2 is 2.37 bits per heavy atom. The molecule has 1 N–H and O–H groups in total. The maximum absolute atomic E-state index is 5.23. The monoisotopic (exact) mass is 261 g/mol. The van der Waals surface area contributed by atoms with Crippen molar-refractivity contribution in [3.05, 3.63) is 29.2 Å². The summed E-state index contributed by atoms with van der Waals surface area (Å²) < 4.78 is 5.23. The number of hydrogen-bond acceptors (Lipinski definition) is 5. The number of aromatic nitrogens is 4. The number of aryl methyl sites for hydroxylation is 2. The van der Waals surface area contributed by atoms with E-state index in [4.69, 9.17) is 4.52 Å². The van der Waals surface area contributed by atoms with Gasteiger partial charge in [0.25, 0.3) is 0 Å². The van der Waals surface area contributed by atoms with Crippen LogP contribution in [0.4, 0.5) is 0 Å². The van der Waals surface area contributed by atoms with Gasteiger partial charge >= 0.3 is 0 Å². The molecule has 1 saturated heterocycles. The van der Waals surface area contributed by atoms with E-state index in [1.807, 2.05) is 13.8 Å². The van der Waals surface area contributed by atoms with Gasteiger partial charge in [-0.05, 0) is 33.2 Å². The molecule has 1 atom stereocenters. The Labute approximate surface area is 112 Å². The molecule has 1 aliphatic rings. The van der Waals surface area contributed by atoms with E-state index in [0.29, 0.717) is 5.92 Å². The van der Waals surface area contributed by atoms with Crippen molar-refractivity contribution in [3.63, 3.8) is 0 Å². The van der Waals surface area contributed by atoms with Gasteiger partial charge in [0.1, 0.15) is 17.9 Å². The molecule has 0 aromatic carbocycles. The van der Waals surface area contributed by atoms with E-state index in [-0.39, 0.29) is 0 Å². The zero-order valence-corrected chi connectivity index (χ0v) is 11.4. The average molecular weight is 261 g/mol. The smallest absolute Gasteiger partial charge is 0.138 e. The van der Waals surface area contributed by atoms with Gasteiger partial charge in [0.2, 0.25) is 0 Å². The van der Waals surface area contributed by atoms with Crippen molar-refractivity contribution in [1.82, 2.24) is 25.2 Å². The van der Waals surface area contributed by atoms with Crippen LogP contribution in [-0.4, -0.2) is 38.3 Å². The lowest BCUT2D eigenvalue weighted by Crippen LogP contribution is -2.34. The summed E-state index contributed by atoms with van der Waals surface area (Å²) in [6.45, 7) is 7.02. The summed E-state index contributed by atoms with van der Waals surface area (Å²) in [5, 5.41) is 11.0. The maximum Gasteiger partial charge on any atom is 0.138 e. The minimum atomic E-state index is 0.455. The van der Waals surface area contributed by atoms with Crippen LogP contribution in [0.2, 0.25) is 0 Å². The summed E-state index contributed by atoms with van der Waals surface area (Å²) in [6.07, 6.45) is 3.95. The highest BCUT2D eigenvalue weighted by Crippen LogP contribution is 2.26. The summed E-state index contributed by atoms with van der Waals surface area (Å²) in [7, 11) is 0. The van der Waals surface area contributed by atoms with Gasteiger partial charge in [-0.15, -0.1) is 0 Å². The molecule has 19 heavy (non-hydrogen) atoms. The molecule has 0 spiro atoms. The third kappa shape index (κ3) is 2.53. The van der Waals surface area contributed by atoms with Crippen LogP contribution in [0.1, 0.15) is 41.6 Å². The van der Waals surface area contributed by atoms with Gasteiger partial charge in [-0.2, -0.15) is 5.10 Å². The van der Waals surface area contributed by atoms with E-state index in [1.54, 1.807) is 6.33 Å². The normalized spacial score (nSPS) is 20.8. The van der Waals surface area contributed by atoms with Crippen molar-refractivity contribution in [1.29, 1.82) is 0 Å². The van der Waals surface area contributed by atoms with Crippen molar-refractivity contribution < 1.29 is 4.52 Å². The molecule has 1 fully saturated rings. The fourth-order valence-corrected chi connectivity index (χ4v) is 2.79. The number of aromatic amines is 1. The Hall–Kier alpha value is -1.69. The number of nitrogens with zero attached hydrogens (tertiary/aromatic N) is 4. The molecule has 102 valence electrons. The van der Waals surface area contributed by atoms with Gasteiger partial charge in [0, 0.05) is 24.6 Å². The molecule has 6 nitrogen and oxygen atoms in total. The molecule has 2 aromatic rings.